The molecule has 0 saturated carbocycles. The number of rotatable bonds is 3. The van der Waals surface area contributed by atoms with Crippen molar-refractivity contribution in [1.29, 1.82) is 0 Å². The zero-order valence-electron chi connectivity index (χ0n) is 10.6. The minimum absolute atomic E-state index is 0.0901. The number of aromatic nitrogens is 2. The number of imidazole rings is 1. The van der Waals surface area contributed by atoms with Gasteiger partial charge < -0.3 is 25.8 Å². The maximum absolute atomic E-state index is 11.2. The third-order valence-electron chi connectivity index (χ3n) is 3.49. The molecule has 3 rings (SSSR count). The minimum atomic E-state index is -0.194. The van der Waals surface area contributed by atoms with Gasteiger partial charge in [0.25, 0.3) is 0 Å². The summed E-state index contributed by atoms with van der Waals surface area (Å²) in [7, 11) is 0. The summed E-state index contributed by atoms with van der Waals surface area (Å²) in [6.45, 7) is 2.49. The van der Waals surface area contributed by atoms with Gasteiger partial charge in [-0.3, -0.25) is 0 Å². The molecule has 2 aromatic rings. The van der Waals surface area contributed by atoms with Gasteiger partial charge in [0.2, 0.25) is 0 Å². The second-order valence-corrected chi connectivity index (χ2v) is 4.92. The Balaban J connectivity index is 1.76. The van der Waals surface area contributed by atoms with Crippen LogP contribution < -0.4 is 16.7 Å². The fourth-order valence-electron chi connectivity index (χ4n) is 2.47. The first-order chi connectivity index (χ1) is 9.22. The second kappa shape index (κ2) is 5.16. The van der Waals surface area contributed by atoms with E-state index < -0.39 is 0 Å². The van der Waals surface area contributed by atoms with Crippen LogP contribution in [-0.4, -0.2) is 35.8 Å². The van der Waals surface area contributed by atoms with Gasteiger partial charge in [0, 0.05) is 19.1 Å². The van der Waals surface area contributed by atoms with Crippen LogP contribution >= 0.6 is 0 Å². The Bertz CT molecular complexity index is 612. The summed E-state index contributed by atoms with van der Waals surface area (Å²) in [5, 5.41) is 3.29. The molecule has 1 saturated heterocycles. The zero-order chi connectivity index (χ0) is 13.2. The maximum Gasteiger partial charge on any atom is 0.323 e. The molecule has 19 heavy (non-hydrogen) atoms. The molecule has 0 aliphatic carbocycles. The van der Waals surface area contributed by atoms with Crippen molar-refractivity contribution in [2.75, 3.05) is 19.7 Å². The predicted octanol–water partition coefficient (Wildman–Crippen LogP) is 0.235. The SMILES string of the molecule is NC(CC1CNCCO1)c1ccc2[nH]c(=O)[nH]c2c1. The molecule has 2 atom stereocenters. The number of hydrogen-bond donors (Lipinski definition) is 4. The number of morpholine rings is 1. The Kier molecular flexibility index (Phi) is 3.37. The molecule has 6 nitrogen and oxygen atoms in total. The summed E-state index contributed by atoms with van der Waals surface area (Å²) in [5.41, 5.74) is 8.63. The van der Waals surface area contributed by atoms with Gasteiger partial charge >= 0.3 is 5.69 Å². The quantitative estimate of drug-likeness (QED) is 0.637. The standard InChI is InChI=1S/C13H18N4O2/c14-10(6-9-7-15-3-4-19-9)8-1-2-11-12(5-8)17-13(18)16-11/h1-2,5,9-10,15H,3-4,6-7,14H2,(H2,16,17,18). The van der Waals surface area contributed by atoms with E-state index in [4.69, 9.17) is 10.5 Å². The lowest BCUT2D eigenvalue weighted by atomic mass is 10.0. The topological polar surface area (TPSA) is 95.9 Å². The van der Waals surface area contributed by atoms with Gasteiger partial charge in [-0.2, -0.15) is 0 Å². The molecule has 2 unspecified atom stereocenters. The van der Waals surface area contributed by atoms with Crippen molar-refractivity contribution >= 4 is 11.0 Å². The van der Waals surface area contributed by atoms with Gasteiger partial charge in [-0.25, -0.2) is 4.79 Å². The summed E-state index contributed by atoms with van der Waals surface area (Å²) < 4.78 is 5.66. The van der Waals surface area contributed by atoms with E-state index in [9.17, 15) is 4.79 Å². The van der Waals surface area contributed by atoms with E-state index in [1.54, 1.807) is 0 Å². The van der Waals surface area contributed by atoms with Crippen molar-refractivity contribution in [3.63, 3.8) is 0 Å². The van der Waals surface area contributed by atoms with E-state index in [1.165, 1.54) is 0 Å². The molecule has 0 amide bonds. The van der Waals surface area contributed by atoms with E-state index in [0.29, 0.717) is 0 Å². The molecular formula is C13H18N4O2. The van der Waals surface area contributed by atoms with Gasteiger partial charge in [0.1, 0.15) is 0 Å². The molecule has 6 heteroatoms. The first-order valence-corrected chi connectivity index (χ1v) is 6.52. The van der Waals surface area contributed by atoms with Crippen LogP contribution in [0.4, 0.5) is 0 Å². The lowest BCUT2D eigenvalue weighted by Crippen LogP contribution is -2.40. The van der Waals surface area contributed by atoms with E-state index >= 15 is 0 Å². The van der Waals surface area contributed by atoms with Crippen molar-refractivity contribution < 1.29 is 4.74 Å². The molecule has 102 valence electrons. The van der Waals surface area contributed by atoms with Crippen molar-refractivity contribution in [3.05, 3.63) is 34.2 Å². The lowest BCUT2D eigenvalue weighted by Gasteiger charge is -2.26. The summed E-state index contributed by atoms with van der Waals surface area (Å²) in [5.74, 6) is 0. The Hall–Kier alpha value is -1.63. The first-order valence-electron chi connectivity index (χ1n) is 6.52. The van der Waals surface area contributed by atoms with Crippen molar-refractivity contribution in [2.45, 2.75) is 18.6 Å². The molecule has 0 bridgehead atoms. The van der Waals surface area contributed by atoms with Gasteiger partial charge in [-0.05, 0) is 24.1 Å². The normalized spacial score (nSPS) is 21.6. The molecule has 1 aromatic heterocycles. The monoisotopic (exact) mass is 262 g/mol. The van der Waals surface area contributed by atoms with Gasteiger partial charge in [0.15, 0.2) is 0 Å². The van der Waals surface area contributed by atoms with Crippen LogP contribution in [0.15, 0.2) is 23.0 Å². The third-order valence-corrected chi connectivity index (χ3v) is 3.49. The highest BCUT2D eigenvalue weighted by atomic mass is 16.5. The molecule has 5 N–H and O–H groups in total. The van der Waals surface area contributed by atoms with Crippen molar-refractivity contribution in [2.24, 2.45) is 5.73 Å². The maximum atomic E-state index is 11.2. The van der Waals surface area contributed by atoms with Gasteiger partial charge in [-0.15, -0.1) is 0 Å². The predicted molar refractivity (Wildman–Crippen MR) is 73.1 cm³/mol. The van der Waals surface area contributed by atoms with E-state index in [0.717, 1.165) is 42.7 Å². The Morgan fingerprint density at radius 1 is 1.37 bits per heavy atom. The van der Waals surface area contributed by atoms with Gasteiger partial charge in [0.05, 0.1) is 23.7 Å². The smallest absolute Gasteiger partial charge is 0.323 e. The first kappa shape index (κ1) is 12.4. The lowest BCUT2D eigenvalue weighted by molar-refractivity contribution is 0.0195. The van der Waals surface area contributed by atoms with E-state index in [2.05, 4.69) is 15.3 Å². The molecule has 1 fully saturated rings. The van der Waals surface area contributed by atoms with E-state index in [1.807, 2.05) is 18.2 Å². The molecule has 0 spiro atoms. The number of aromatic amines is 2. The van der Waals surface area contributed by atoms with Crippen LogP contribution in [0.2, 0.25) is 0 Å². The number of benzene rings is 1. The van der Waals surface area contributed by atoms with Crippen molar-refractivity contribution in [1.82, 2.24) is 15.3 Å². The number of ether oxygens (including phenoxy) is 1. The fraction of sp³-hybridized carbons (Fsp3) is 0.462. The second-order valence-electron chi connectivity index (χ2n) is 4.92. The summed E-state index contributed by atoms with van der Waals surface area (Å²) >= 11 is 0. The highest BCUT2D eigenvalue weighted by molar-refractivity contribution is 5.75. The Morgan fingerprint density at radius 3 is 3.00 bits per heavy atom. The summed E-state index contributed by atoms with van der Waals surface area (Å²) in [6, 6.07) is 5.66. The highest BCUT2D eigenvalue weighted by Gasteiger charge is 2.18. The molecule has 2 heterocycles. The number of nitrogens with two attached hydrogens (primary N) is 1. The molecule has 0 radical (unpaired) electrons. The number of hydrogen-bond acceptors (Lipinski definition) is 4. The molecule has 1 aliphatic rings. The van der Waals surface area contributed by atoms with Gasteiger partial charge in [-0.1, -0.05) is 6.07 Å². The zero-order valence-corrected chi connectivity index (χ0v) is 10.6. The summed E-state index contributed by atoms with van der Waals surface area (Å²) in [6.07, 6.45) is 0.928. The van der Waals surface area contributed by atoms with Crippen LogP contribution in [0.25, 0.3) is 11.0 Å². The Labute approximate surface area is 110 Å². The average molecular weight is 262 g/mol. The van der Waals surface area contributed by atoms with Crippen molar-refractivity contribution in [3.8, 4) is 0 Å². The Morgan fingerprint density at radius 2 is 2.21 bits per heavy atom. The van der Waals surface area contributed by atoms with Crippen LogP contribution in [0.5, 0.6) is 0 Å². The summed E-state index contributed by atoms with van der Waals surface area (Å²) in [4.78, 5) is 16.7. The largest absolute Gasteiger partial charge is 0.376 e. The molecule has 1 aliphatic heterocycles. The third kappa shape index (κ3) is 2.70. The van der Waals surface area contributed by atoms with E-state index in [-0.39, 0.29) is 17.8 Å². The highest BCUT2D eigenvalue weighted by Crippen LogP contribution is 2.20. The number of H-pyrrole nitrogens is 2. The number of nitrogens with one attached hydrogen (secondary N) is 3. The van der Waals surface area contributed by atoms with Crippen LogP contribution in [0.1, 0.15) is 18.0 Å². The minimum Gasteiger partial charge on any atom is -0.376 e. The van der Waals surface area contributed by atoms with Crippen LogP contribution in [-0.2, 0) is 4.74 Å². The number of fused-ring (bicyclic) bond motifs is 1. The fourth-order valence-corrected chi connectivity index (χ4v) is 2.47. The molecular weight excluding hydrogens is 244 g/mol. The average Bonchev–Trinajstić information content (AvgIpc) is 2.78. The van der Waals surface area contributed by atoms with Crippen LogP contribution in [0.3, 0.4) is 0 Å². The van der Waals surface area contributed by atoms with Crippen LogP contribution in [0, 0.1) is 0 Å². The molecule has 1 aromatic carbocycles.